The van der Waals surface area contributed by atoms with Crippen LogP contribution in [0.2, 0.25) is 0 Å². The molecule has 0 heterocycles. The Labute approximate surface area is 132 Å². The summed E-state index contributed by atoms with van der Waals surface area (Å²) < 4.78 is 19.7. The molecule has 112 valence electrons. The van der Waals surface area contributed by atoms with Crippen molar-refractivity contribution in [2.45, 2.75) is 25.6 Å². The highest BCUT2D eigenvalue weighted by atomic mass is 79.9. The Bertz CT molecular complexity index is 554. The molecule has 2 atom stereocenters. The highest BCUT2D eigenvalue weighted by Gasteiger charge is 2.22. The second kappa shape index (κ2) is 7.69. The second-order valence-electron chi connectivity index (χ2n) is 4.84. The molecule has 0 aliphatic heterocycles. The van der Waals surface area contributed by atoms with Gasteiger partial charge in [-0.1, -0.05) is 46.3 Å². The molecule has 0 bridgehead atoms. The minimum absolute atomic E-state index is 0.320. The molecule has 0 spiro atoms. The number of halogens is 2. The van der Waals surface area contributed by atoms with Crippen molar-refractivity contribution in [2.24, 2.45) is 0 Å². The summed E-state index contributed by atoms with van der Waals surface area (Å²) in [6.07, 6.45) is -0.824. The lowest BCUT2D eigenvalue weighted by atomic mass is 9.98. The highest BCUT2D eigenvalue weighted by molar-refractivity contribution is 9.10. The van der Waals surface area contributed by atoms with E-state index in [1.807, 2.05) is 37.3 Å². The first-order valence-electron chi connectivity index (χ1n) is 6.89. The van der Waals surface area contributed by atoms with E-state index < -0.39 is 12.2 Å². The number of hydrogen-bond donors (Lipinski definition) is 1. The third kappa shape index (κ3) is 4.63. The Morgan fingerprint density at radius 2 is 1.90 bits per heavy atom. The van der Waals surface area contributed by atoms with E-state index in [2.05, 4.69) is 15.9 Å². The molecular weight excluding hydrogens is 335 g/mol. The highest BCUT2D eigenvalue weighted by Crippen LogP contribution is 2.25. The molecule has 21 heavy (non-hydrogen) atoms. The molecule has 2 nitrogen and oxygen atoms in total. The molecule has 0 saturated heterocycles. The Balaban J connectivity index is 2.17. The maximum Gasteiger partial charge on any atom is 0.124 e. The van der Waals surface area contributed by atoms with Gasteiger partial charge < -0.3 is 9.84 Å². The van der Waals surface area contributed by atoms with Gasteiger partial charge in [-0.15, -0.1) is 0 Å². The number of hydrogen-bond acceptors (Lipinski definition) is 2. The van der Waals surface area contributed by atoms with Crippen LogP contribution in [0.1, 0.15) is 24.2 Å². The van der Waals surface area contributed by atoms with E-state index in [-0.39, 0.29) is 5.82 Å². The first-order valence-corrected chi connectivity index (χ1v) is 7.69. The Morgan fingerprint density at radius 3 is 2.52 bits per heavy atom. The molecule has 0 fully saturated rings. The van der Waals surface area contributed by atoms with Crippen molar-refractivity contribution in [3.05, 3.63) is 69.9 Å². The van der Waals surface area contributed by atoms with Crippen molar-refractivity contribution in [3.63, 3.8) is 0 Å². The van der Waals surface area contributed by atoms with Crippen LogP contribution in [0, 0.1) is 5.82 Å². The standard InChI is InChI=1S/C17H18BrFO2/c1-2-21-17(13-6-4-3-5-7-13)16(20)10-12-8-14(18)11-15(19)9-12/h3-9,11,16-17,20H,2,10H2,1H3. The van der Waals surface area contributed by atoms with Crippen LogP contribution < -0.4 is 0 Å². The molecule has 2 unspecified atom stereocenters. The molecular formula is C17H18BrFO2. The van der Waals surface area contributed by atoms with E-state index in [0.717, 1.165) is 11.1 Å². The summed E-state index contributed by atoms with van der Waals surface area (Å²) in [4.78, 5) is 0. The van der Waals surface area contributed by atoms with Gasteiger partial charge in [0.1, 0.15) is 11.9 Å². The van der Waals surface area contributed by atoms with E-state index in [4.69, 9.17) is 4.74 Å². The maximum atomic E-state index is 13.4. The fourth-order valence-corrected chi connectivity index (χ4v) is 2.84. The molecule has 2 aromatic carbocycles. The summed E-state index contributed by atoms with van der Waals surface area (Å²) in [5.41, 5.74) is 1.65. The van der Waals surface area contributed by atoms with Gasteiger partial charge in [-0.2, -0.15) is 0 Å². The van der Waals surface area contributed by atoms with Gasteiger partial charge in [0.25, 0.3) is 0 Å². The van der Waals surface area contributed by atoms with Gasteiger partial charge in [-0.05, 0) is 36.2 Å². The quantitative estimate of drug-likeness (QED) is 0.841. The molecule has 1 N–H and O–H groups in total. The Morgan fingerprint density at radius 1 is 1.19 bits per heavy atom. The topological polar surface area (TPSA) is 29.5 Å². The number of ether oxygens (including phenoxy) is 1. The van der Waals surface area contributed by atoms with E-state index in [9.17, 15) is 9.50 Å². The second-order valence-corrected chi connectivity index (χ2v) is 5.75. The van der Waals surface area contributed by atoms with Crippen LogP contribution in [0.25, 0.3) is 0 Å². The van der Waals surface area contributed by atoms with Crippen molar-refractivity contribution < 1.29 is 14.2 Å². The van der Waals surface area contributed by atoms with Crippen molar-refractivity contribution in [1.82, 2.24) is 0 Å². The third-order valence-electron chi connectivity index (χ3n) is 3.19. The third-order valence-corrected chi connectivity index (χ3v) is 3.65. The number of rotatable bonds is 6. The van der Waals surface area contributed by atoms with Crippen LogP contribution >= 0.6 is 15.9 Å². The molecule has 2 aromatic rings. The van der Waals surface area contributed by atoms with Crippen LogP contribution in [0.15, 0.2) is 53.0 Å². The minimum atomic E-state index is -0.735. The smallest absolute Gasteiger partial charge is 0.124 e. The van der Waals surface area contributed by atoms with Gasteiger partial charge >= 0.3 is 0 Å². The summed E-state index contributed by atoms with van der Waals surface area (Å²) in [5.74, 6) is -0.320. The normalized spacial score (nSPS) is 13.9. The molecule has 0 radical (unpaired) electrons. The van der Waals surface area contributed by atoms with Gasteiger partial charge in [0.2, 0.25) is 0 Å². The zero-order valence-electron chi connectivity index (χ0n) is 11.8. The van der Waals surface area contributed by atoms with Gasteiger partial charge in [-0.25, -0.2) is 4.39 Å². The minimum Gasteiger partial charge on any atom is -0.390 e. The predicted octanol–water partition coefficient (Wildman–Crippen LogP) is 4.27. The largest absolute Gasteiger partial charge is 0.390 e. The molecule has 0 aliphatic rings. The van der Waals surface area contributed by atoms with Crippen LogP contribution in [-0.2, 0) is 11.2 Å². The number of aliphatic hydroxyl groups excluding tert-OH is 1. The lowest BCUT2D eigenvalue weighted by Crippen LogP contribution is -2.23. The number of aliphatic hydroxyl groups is 1. The monoisotopic (exact) mass is 352 g/mol. The first kappa shape index (κ1) is 16.1. The van der Waals surface area contributed by atoms with Crippen LogP contribution in [0.4, 0.5) is 4.39 Å². The average molecular weight is 353 g/mol. The van der Waals surface area contributed by atoms with Crippen molar-refractivity contribution in [3.8, 4) is 0 Å². The maximum absolute atomic E-state index is 13.4. The van der Waals surface area contributed by atoms with Gasteiger partial charge in [0.15, 0.2) is 0 Å². The van der Waals surface area contributed by atoms with Gasteiger partial charge in [-0.3, -0.25) is 0 Å². The summed E-state index contributed by atoms with van der Waals surface area (Å²) >= 11 is 3.26. The molecule has 4 heteroatoms. The summed E-state index contributed by atoms with van der Waals surface area (Å²) in [6.45, 7) is 2.39. The summed E-state index contributed by atoms with van der Waals surface area (Å²) in [7, 11) is 0. The molecule has 0 amide bonds. The van der Waals surface area contributed by atoms with Crippen molar-refractivity contribution >= 4 is 15.9 Å². The fourth-order valence-electron chi connectivity index (χ4n) is 2.33. The molecule has 2 rings (SSSR count). The molecule has 0 aliphatic carbocycles. The fraction of sp³-hybridized carbons (Fsp3) is 0.294. The first-order chi connectivity index (χ1) is 10.1. The summed E-state index contributed by atoms with van der Waals surface area (Å²) in [5, 5.41) is 10.5. The SMILES string of the molecule is CCOC(c1ccccc1)C(O)Cc1cc(F)cc(Br)c1. The van der Waals surface area contributed by atoms with Gasteiger partial charge in [0.05, 0.1) is 6.10 Å². The van der Waals surface area contributed by atoms with E-state index >= 15 is 0 Å². The lowest BCUT2D eigenvalue weighted by Gasteiger charge is -2.23. The van der Waals surface area contributed by atoms with Gasteiger partial charge in [0, 0.05) is 17.5 Å². The lowest BCUT2D eigenvalue weighted by molar-refractivity contribution is -0.0340. The zero-order valence-corrected chi connectivity index (χ0v) is 13.4. The Hall–Kier alpha value is -1.23. The van der Waals surface area contributed by atoms with E-state index in [1.54, 1.807) is 6.07 Å². The van der Waals surface area contributed by atoms with Crippen molar-refractivity contribution in [2.75, 3.05) is 6.61 Å². The predicted molar refractivity (Wildman–Crippen MR) is 84.6 cm³/mol. The van der Waals surface area contributed by atoms with Crippen LogP contribution in [-0.4, -0.2) is 17.8 Å². The van der Waals surface area contributed by atoms with E-state index in [0.29, 0.717) is 17.5 Å². The molecule has 0 aromatic heterocycles. The Kier molecular flexibility index (Phi) is 5.91. The van der Waals surface area contributed by atoms with E-state index in [1.165, 1.54) is 12.1 Å². The van der Waals surface area contributed by atoms with Crippen LogP contribution in [0.3, 0.4) is 0 Å². The molecule has 0 saturated carbocycles. The zero-order chi connectivity index (χ0) is 15.2. The average Bonchev–Trinajstić information content (AvgIpc) is 2.44. The summed E-state index contributed by atoms with van der Waals surface area (Å²) in [6, 6.07) is 14.2. The van der Waals surface area contributed by atoms with Crippen LogP contribution in [0.5, 0.6) is 0 Å². The number of benzene rings is 2. The van der Waals surface area contributed by atoms with Crippen molar-refractivity contribution in [1.29, 1.82) is 0 Å².